The molecule has 1 aromatic rings. The van der Waals surface area contributed by atoms with Gasteiger partial charge in [0.2, 0.25) is 0 Å². The summed E-state index contributed by atoms with van der Waals surface area (Å²) < 4.78 is 5.36. The van der Waals surface area contributed by atoms with Gasteiger partial charge in [-0.05, 0) is 25.0 Å². The van der Waals surface area contributed by atoms with Gasteiger partial charge in [-0.1, -0.05) is 18.2 Å². The van der Waals surface area contributed by atoms with Gasteiger partial charge in [-0.2, -0.15) is 0 Å². The molecule has 1 fully saturated rings. The summed E-state index contributed by atoms with van der Waals surface area (Å²) in [5, 5.41) is 19.1. The quantitative estimate of drug-likeness (QED) is 0.803. The van der Waals surface area contributed by atoms with Crippen molar-refractivity contribution >= 4 is 11.8 Å². The van der Waals surface area contributed by atoms with Crippen molar-refractivity contribution < 1.29 is 14.9 Å². The fourth-order valence-electron chi connectivity index (χ4n) is 2.01. The van der Waals surface area contributed by atoms with Gasteiger partial charge in [0.05, 0.1) is 12.7 Å². The van der Waals surface area contributed by atoms with Gasteiger partial charge < -0.3 is 14.9 Å². The van der Waals surface area contributed by atoms with Crippen molar-refractivity contribution in [3.05, 3.63) is 29.3 Å². The summed E-state index contributed by atoms with van der Waals surface area (Å²) in [6.45, 7) is 4.39. The first-order chi connectivity index (χ1) is 8.09. The average molecular weight is 254 g/mol. The van der Waals surface area contributed by atoms with Crippen LogP contribution in [0.1, 0.15) is 11.1 Å². The molecule has 94 valence electrons. The van der Waals surface area contributed by atoms with E-state index in [-0.39, 0.29) is 12.7 Å². The zero-order chi connectivity index (χ0) is 12.4. The Morgan fingerprint density at radius 2 is 1.94 bits per heavy atom. The molecule has 0 aromatic heterocycles. The van der Waals surface area contributed by atoms with Crippen LogP contribution in [0, 0.1) is 13.8 Å². The predicted octanol–water partition coefficient (Wildman–Crippen LogP) is 1.52. The summed E-state index contributed by atoms with van der Waals surface area (Å²) in [7, 11) is 0. The molecule has 1 heterocycles. The van der Waals surface area contributed by atoms with Crippen molar-refractivity contribution in [1.82, 2.24) is 0 Å². The molecule has 0 amide bonds. The summed E-state index contributed by atoms with van der Waals surface area (Å²) in [6.07, 6.45) is -1.76. The van der Waals surface area contributed by atoms with Gasteiger partial charge in [-0.3, -0.25) is 0 Å². The summed E-state index contributed by atoms with van der Waals surface area (Å²) in [6, 6.07) is 6.20. The Kier molecular flexibility index (Phi) is 4.09. The van der Waals surface area contributed by atoms with Crippen molar-refractivity contribution in [1.29, 1.82) is 0 Å². The molecule has 1 aromatic carbocycles. The molecule has 1 aliphatic heterocycles. The van der Waals surface area contributed by atoms with Crippen LogP contribution in [0.2, 0.25) is 0 Å². The summed E-state index contributed by atoms with van der Waals surface area (Å²) in [5.74, 6) is 0.671. The summed E-state index contributed by atoms with van der Waals surface area (Å²) in [4.78, 5) is 1.24. The van der Waals surface area contributed by atoms with E-state index in [1.807, 2.05) is 6.07 Å². The SMILES string of the molecule is Cc1cccc(C)c1SCC1OCC(O)C1O. The molecule has 1 saturated heterocycles. The van der Waals surface area contributed by atoms with Gasteiger partial charge in [-0.15, -0.1) is 11.8 Å². The van der Waals surface area contributed by atoms with Gasteiger partial charge in [0.15, 0.2) is 0 Å². The largest absolute Gasteiger partial charge is 0.388 e. The third-order valence-corrected chi connectivity index (χ3v) is 4.48. The molecule has 3 nitrogen and oxygen atoms in total. The second-order valence-corrected chi connectivity index (χ2v) is 5.49. The highest BCUT2D eigenvalue weighted by Crippen LogP contribution is 2.29. The summed E-state index contributed by atoms with van der Waals surface area (Å²) >= 11 is 1.68. The minimum atomic E-state index is -0.758. The third-order valence-electron chi connectivity index (χ3n) is 3.06. The highest BCUT2D eigenvalue weighted by atomic mass is 32.2. The molecule has 0 radical (unpaired) electrons. The van der Waals surface area contributed by atoms with Crippen LogP contribution in [0.3, 0.4) is 0 Å². The van der Waals surface area contributed by atoms with Crippen LogP contribution < -0.4 is 0 Å². The number of rotatable bonds is 3. The highest BCUT2D eigenvalue weighted by Gasteiger charge is 2.34. The van der Waals surface area contributed by atoms with Crippen molar-refractivity contribution in [3.63, 3.8) is 0 Å². The van der Waals surface area contributed by atoms with Crippen LogP contribution in [0.5, 0.6) is 0 Å². The van der Waals surface area contributed by atoms with E-state index in [2.05, 4.69) is 26.0 Å². The van der Waals surface area contributed by atoms with E-state index >= 15 is 0 Å². The molecule has 4 heteroatoms. The molecule has 0 bridgehead atoms. The molecule has 17 heavy (non-hydrogen) atoms. The number of ether oxygens (including phenoxy) is 1. The Bertz CT molecular complexity index is 374. The maximum Gasteiger partial charge on any atom is 0.109 e. The lowest BCUT2D eigenvalue weighted by Crippen LogP contribution is -2.31. The molecule has 1 aliphatic rings. The van der Waals surface area contributed by atoms with Crippen LogP contribution in [0.4, 0.5) is 0 Å². The maximum absolute atomic E-state index is 9.69. The van der Waals surface area contributed by atoms with Crippen molar-refractivity contribution in [3.8, 4) is 0 Å². The number of aliphatic hydroxyl groups excluding tert-OH is 2. The minimum Gasteiger partial charge on any atom is -0.388 e. The zero-order valence-electron chi connectivity index (χ0n) is 10.1. The molecule has 3 atom stereocenters. The van der Waals surface area contributed by atoms with Gasteiger partial charge >= 0.3 is 0 Å². The minimum absolute atomic E-state index is 0.235. The average Bonchev–Trinajstić information content (AvgIpc) is 2.60. The fraction of sp³-hybridized carbons (Fsp3) is 0.538. The van der Waals surface area contributed by atoms with Crippen molar-refractivity contribution in [2.45, 2.75) is 37.1 Å². The lowest BCUT2D eigenvalue weighted by Gasteiger charge is -2.16. The Hall–Kier alpha value is -0.550. The van der Waals surface area contributed by atoms with Crippen molar-refractivity contribution in [2.75, 3.05) is 12.4 Å². The smallest absolute Gasteiger partial charge is 0.109 e. The normalized spacial score (nSPS) is 28.6. The lowest BCUT2D eigenvalue weighted by molar-refractivity contribution is 0.0337. The van der Waals surface area contributed by atoms with Crippen LogP contribution >= 0.6 is 11.8 Å². The Balaban J connectivity index is 1.99. The molecule has 2 N–H and O–H groups in total. The molecular weight excluding hydrogens is 236 g/mol. The van der Waals surface area contributed by atoms with Gasteiger partial charge in [-0.25, -0.2) is 0 Å². The predicted molar refractivity (Wildman–Crippen MR) is 68.4 cm³/mol. The van der Waals surface area contributed by atoms with Gasteiger partial charge in [0.25, 0.3) is 0 Å². The topological polar surface area (TPSA) is 49.7 Å². The van der Waals surface area contributed by atoms with E-state index in [4.69, 9.17) is 4.74 Å². The lowest BCUT2D eigenvalue weighted by atomic mass is 10.2. The Morgan fingerprint density at radius 1 is 1.29 bits per heavy atom. The molecule has 0 saturated carbocycles. The number of aryl methyl sites for hydroxylation is 2. The molecule has 0 aliphatic carbocycles. The number of benzene rings is 1. The van der Waals surface area contributed by atoms with Crippen LogP contribution in [0.25, 0.3) is 0 Å². The Labute approximate surface area is 106 Å². The van der Waals surface area contributed by atoms with Crippen LogP contribution in [-0.2, 0) is 4.74 Å². The monoisotopic (exact) mass is 254 g/mol. The first kappa shape index (κ1) is 12.9. The Morgan fingerprint density at radius 3 is 2.47 bits per heavy atom. The van der Waals surface area contributed by atoms with E-state index in [9.17, 15) is 10.2 Å². The second-order valence-electron chi connectivity index (χ2n) is 4.46. The number of thioether (sulfide) groups is 1. The van der Waals surface area contributed by atoms with Crippen molar-refractivity contribution in [2.24, 2.45) is 0 Å². The number of hydrogen-bond donors (Lipinski definition) is 2. The maximum atomic E-state index is 9.69. The van der Waals surface area contributed by atoms with E-state index in [0.29, 0.717) is 5.75 Å². The van der Waals surface area contributed by atoms with Crippen LogP contribution in [0.15, 0.2) is 23.1 Å². The van der Waals surface area contributed by atoms with Gasteiger partial charge in [0.1, 0.15) is 12.2 Å². The molecule has 3 unspecified atom stereocenters. The molecule has 0 spiro atoms. The fourth-order valence-corrected chi connectivity index (χ4v) is 3.22. The highest BCUT2D eigenvalue weighted by molar-refractivity contribution is 7.99. The van der Waals surface area contributed by atoms with Gasteiger partial charge in [0, 0.05) is 10.6 Å². The van der Waals surface area contributed by atoms with E-state index in [0.717, 1.165) is 0 Å². The standard InChI is InChI=1S/C13H18O3S/c1-8-4-3-5-9(2)13(8)17-7-11-12(15)10(14)6-16-11/h3-5,10-12,14-15H,6-7H2,1-2H3. The first-order valence-corrected chi connectivity index (χ1v) is 6.75. The summed E-state index contributed by atoms with van der Waals surface area (Å²) in [5.41, 5.74) is 2.48. The van der Waals surface area contributed by atoms with E-state index in [1.165, 1.54) is 16.0 Å². The van der Waals surface area contributed by atoms with Crippen LogP contribution in [-0.4, -0.2) is 40.9 Å². The molecular formula is C13H18O3S. The van der Waals surface area contributed by atoms with E-state index in [1.54, 1.807) is 11.8 Å². The number of hydrogen-bond acceptors (Lipinski definition) is 4. The third kappa shape index (κ3) is 2.83. The molecule has 2 rings (SSSR count). The zero-order valence-corrected chi connectivity index (χ0v) is 10.9. The number of aliphatic hydroxyl groups is 2. The first-order valence-electron chi connectivity index (χ1n) is 5.76. The van der Waals surface area contributed by atoms with E-state index < -0.39 is 12.2 Å². The second kappa shape index (κ2) is 5.40.